The van der Waals surface area contributed by atoms with Gasteiger partial charge in [0, 0.05) is 18.5 Å². The van der Waals surface area contributed by atoms with Gasteiger partial charge < -0.3 is 10.2 Å². The lowest BCUT2D eigenvalue weighted by Crippen LogP contribution is -2.50. The van der Waals surface area contributed by atoms with E-state index in [1.165, 1.54) is 4.90 Å². The molecule has 0 atom stereocenters. The van der Waals surface area contributed by atoms with Gasteiger partial charge in [-0.05, 0) is 55.6 Å². The molecule has 1 saturated heterocycles. The first kappa shape index (κ1) is 20.7. The average Bonchev–Trinajstić information content (AvgIpc) is 2.93. The van der Waals surface area contributed by atoms with Crippen molar-refractivity contribution in [1.29, 1.82) is 0 Å². The molecule has 0 unspecified atom stereocenters. The van der Waals surface area contributed by atoms with Gasteiger partial charge in [0.15, 0.2) is 0 Å². The maximum absolute atomic E-state index is 12.9. The summed E-state index contributed by atoms with van der Waals surface area (Å²) in [5.41, 5.74) is 0.218. The third kappa shape index (κ3) is 4.19. The first-order valence-corrected chi connectivity index (χ1v) is 11.1. The number of carbonyl (C=O) groups excluding carboxylic acids is 3. The lowest BCUT2D eigenvalue weighted by molar-refractivity contribution is -0.139. The molecule has 1 spiro atoms. The molecule has 3 rings (SSSR count). The third-order valence-electron chi connectivity index (χ3n) is 6.08. The van der Waals surface area contributed by atoms with Gasteiger partial charge >= 0.3 is 6.03 Å². The molecule has 6 nitrogen and oxygen atoms in total. The highest BCUT2D eigenvalue weighted by Crippen LogP contribution is 2.37. The summed E-state index contributed by atoms with van der Waals surface area (Å²) in [5, 5.41) is 2.88. The van der Waals surface area contributed by atoms with Crippen molar-refractivity contribution in [2.24, 2.45) is 5.92 Å². The molecule has 4 amide bonds. The summed E-state index contributed by atoms with van der Waals surface area (Å²) < 4.78 is 0. The zero-order valence-corrected chi connectivity index (χ0v) is 17.7. The van der Waals surface area contributed by atoms with Gasteiger partial charge in [0.1, 0.15) is 12.1 Å². The molecule has 152 valence electrons. The van der Waals surface area contributed by atoms with Crippen LogP contribution in [0.25, 0.3) is 0 Å². The van der Waals surface area contributed by atoms with E-state index in [4.69, 9.17) is 0 Å². The van der Waals surface area contributed by atoms with Crippen LogP contribution in [0.1, 0.15) is 44.6 Å². The quantitative estimate of drug-likeness (QED) is 0.585. The molecule has 1 N–H and O–H groups in total. The Hall–Kier alpha value is -2.02. The summed E-state index contributed by atoms with van der Waals surface area (Å²) in [6, 6.07) is 7.58. The van der Waals surface area contributed by atoms with E-state index in [2.05, 4.69) is 12.2 Å². The number of likely N-dealkylation sites (N-methyl/N-ethyl adjacent to an activating group) is 1. The minimum absolute atomic E-state index is 0.205. The van der Waals surface area contributed by atoms with Gasteiger partial charge in [-0.25, -0.2) is 4.79 Å². The van der Waals surface area contributed by atoms with Gasteiger partial charge in [0.2, 0.25) is 5.91 Å². The Kier molecular flexibility index (Phi) is 6.33. The van der Waals surface area contributed by atoms with Crippen molar-refractivity contribution in [2.75, 3.05) is 19.8 Å². The van der Waals surface area contributed by atoms with Gasteiger partial charge in [-0.3, -0.25) is 14.5 Å². The summed E-state index contributed by atoms with van der Waals surface area (Å²) in [6.07, 6.45) is 6.33. The Balaban J connectivity index is 1.60. The number of rotatable bonds is 6. The fourth-order valence-electron chi connectivity index (χ4n) is 4.09. The van der Waals surface area contributed by atoms with Crippen LogP contribution >= 0.6 is 11.8 Å². The molecule has 0 radical (unpaired) electrons. The summed E-state index contributed by atoms with van der Waals surface area (Å²) >= 11 is 1.67. The molecule has 1 aromatic carbocycles. The number of nitrogens with one attached hydrogen (secondary N) is 1. The van der Waals surface area contributed by atoms with Gasteiger partial charge in [-0.2, -0.15) is 0 Å². The lowest BCUT2D eigenvalue weighted by Gasteiger charge is -2.34. The zero-order chi connectivity index (χ0) is 20.3. The van der Waals surface area contributed by atoms with E-state index < -0.39 is 11.6 Å². The van der Waals surface area contributed by atoms with Gasteiger partial charge in [-0.15, -0.1) is 11.8 Å². The van der Waals surface area contributed by atoms with Crippen LogP contribution < -0.4 is 5.32 Å². The fourth-order valence-corrected chi connectivity index (χ4v) is 4.49. The van der Waals surface area contributed by atoms with Crippen LogP contribution in [-0.2, 0) is 16.1 Å². The van der Waals surface area contributed by atoms with Crippen molar-refractivity contribution >= 4 is 29.6 Å². The number of urea groups is 1. The Morgan fingerprint density at radius 2 is 1.89 bits per heavy atom. The van der Waals surface area contributed by atoms with Gasteiger partial charge in [-0.1, -0.05) is 25.5 Å². The van der Waals surface area contributed by atoms with E-state index >= 15 is 0 Å². The predicted molar refractivity (Wildman–Crippen MR) is 110 cm³/mol. The Bertz CT molecular complexity index is 742. The molecule has 1 aliphatic carbocycles. The van der Waals surface area contributed by atoms with Crippen LogP contribution in [0.3, 0.4) is 0 Å². The molecule has 7 heteroatoms. The SMILES string of the molecule is CCC1CCC2(CC1)NC(=O)N(CC(=O)N(C)Cc1ccc(SC)cc1)C2=O. The molecule has 28 heavy (non-hydrogen) atoms. The first-order valence-electron chi connectivity index (χ1n) is 9.89. The predicted octanol–water partition coefficient (Wildman–Crippen LogP) is 3.26. The number of nitrogens with zero attached hydrogens (tertiary/aromatic N) is 2. The molecule has 2 fully saturated rings. The third-order valence-corrected chi connectivity index (χ3v) is 6.82. The molecule has 2 aliphatic rings. The van der Waals surface area contributed by atoms with Crippen molar-refractivity contribution in [1.82, 2.24) is 15.1 Å². The molecule has 1 aromatic rings. The molecule has 0 aromatic heterocycles. The Labute approximate surface area is 171 Å². The van der Waals surface area contributed by atoms with E-state index in [0.717, 1.165) is 29.7 Å². The summed E-state index contributed by atoms with van der Waals surface area (Å²) in [5.74, 6) is 0.143. The van der Waals surface area contributed by atoms with Gasteiger partial charge in [0.25, 0.3) is 5.91 Å². The molecule has 1 heterocycles. The van der Waals surface area contributed by atoms with Crippen molar-refractivity contribution < 1.29 is 14.4 Å². The topological polar surface area (TPSA) is 69.7 Å². The number of carbonyl (C=O) groups is 3. The zero-order valence-electron chi connectivity index (χ0n) is 16.9. The maximum atomic E-state index is 12.9. The van der Waals surface area contributed by atoms with Crippen molar-refractivity contribution in [3.63, 3.8) is 0 Å². The summed E-state index contributed by atoms with van der Waals surface area (Å²) in [7, 11) is 1.70. The van der Waals surface area contributed by atoms with E-state index in [-0.39, 0.29) is 18.4 Å². The molecule has 1 aliphatic heterocycles. The van der Waals surface area contributed by atoms with Crippen molar-refractivity contribution in [3.8, 4) is 0 Å². The largest absolute Gasteiger partial charge is 0.340 e. The van der Waals surface area contributed by atoms with E-state index in [1.807, 2.05) is 30.5 Å². The van der Waals surface area contributed by atoms with E-state index in [1.54, 1.807) is 23.7 Å². The standard InChI is InChI=1S/C21H29N3O3S/c1-4-15-9-11-21(12-10-15)19(26)24(20(27)22-21)14-18(25)23(2)13-16-5-7-17(28-3)8-6-16/h5-8,15H,4,9-14H2,1-3H3,(H,22,27). The number of hydrogen-bond donors (Lipinski definition) is 1. The number of amides is 4. The van der Waals surface area contributed by atoms with Crippen LogP contribution in [0.5, 0.6) is 0 Å². The number of thioether (sulfide) groups is 1. The first-order chi connectivity index (χ1) is 13.4. The van der Waals surface area contributed by atoms with Crippen LogP contribution in [0.2, 0.25) is 0 Å². The number of hydrogen-bond acceptors (Lipinski definition) is 4. The van der Waals surface area contributed by atoms with E-state index in [0.29, 0.717) is 25.3 Å². The monoisotopic (exact) mass is 403 g/mol. The number of benzene rings is 1. The fraction of sp³-hybridized carbons (Fsp3) is 0.571. The molecule has 1 saturated carbocycles. The summed E-state index contributed by atoms with van der Waals surface area (Å²) in [6.45, 7) is 2.40. The Morgan fingerprint density at radius 3 is 2.46 bits per heavy atom. The number of imide groups is 1. The van der Waals surface area contributed by atoms with Gasteiger partial charge in [0.05, 0.1) is 0 Å². The molecule has 0 bridgehead atoms. The van der Waals surface area contributed by atoms with Crippen LogP contribution in [0.15, 0.2) is 29.2 Å². The normalized spacial score (nSPS) is 24.5. The van der Waals surface area contributed by atoms with E-state index in [9.17, 15) is 14.4 Å². The second kappa shape index (κ2) is 8.55. The minimum Gasteiger partial charge on any atom is -0.340 e. The molecular weight excluding hydrogens is 374 g/mol. The maximum Gasteiger partial charge on any atom is 0.325 e. The highest BCUT2D eigenvalue weighted by atomic mass is 32.2. The van der Waals surface area contributed by atoms with Crippen LogP contribution in [-0.4, -0.2) is 53.0 Å². The lowest BCUT2D eigenvalue weighted by atomic mass is 9.75. The second-order valence-corrected chi connectivity index (χ2v) is 8.73. The highest BCUT2D eigenvalue weighted by Gasteiger charge is 2.52. The van der Waals surface area contributed by atoms with Crippen LogP contribution in [0.4, 0.5) is 4.79 Å². The highest BCUT2D eigenvalue weighted by molar-refractivity contribution is 7.98. The summed E-state index contributed by atoms with van der Waals surface area (Å²) in [4.78, 5) is 41.8. The Morgan fingerprint density at radius 1 is 1.25 bits per heavy atom. The minimum atomic E-state index is -0.796. The van der Waals surface area contributed by atoms with Crippen molar-refractivity contribution in [3.05, 3.63) is 29.8 Å². The molecular formula is C21H29N3O3S. The average molecular weight is 404 g/mol. The smallest absolute Gasteiger partial charge is 0.325 e. The van der Waals surface area contributed by atoms with Crippen LogP contribution in [0, 0.1) is 5.92 Å². The van der Waals surface area contributed by atoms with Crippen molar-refractivity contribution in [2.45, 2.75) is 56.0 Å². The second-order valence-electron chi connectivity index (χ2n) is 7.85.